The Bertz CT molecular complexity index is 459. The minimum Gasteiger partial charge on any atom is -0.309 e. The summed E-state index contributed by atoms with van der Waals surface area (Å²) in [4.78, 5) is 14.3. The topological polar surface area (TPSA) is 32.3 Å². The van der Waals surface area contributed by atoms with Crippen molar-refractivity contribution in [2.24, 2.45) is 0 Å². The van der Waals surface area contributed by atoms with Crippen molar-refractivity contribution >= 4 is 11.6 Å². The fourth-order valence-electron chi connectivity index (χ4n) is 2.82. The predicted octanol–water partition coefficient (Wildman–Crippen LogP) is 2.41. The maximum atomic E-state index is 12.4. The van der Waals surface area contributed by atoms with Gasteiger partial charge in [0, 0.05) is 17.8 Å². The van der Waals surface area contributed by atoms with Crippen molar-refractivity contribution in [3.63, 3.8) is 0 Å². The third kappa shape index (κ3) is 2.27. The fourth-order valence-corrected chi connectivity index (χ4v) is 2.82. The molecule has 1 saturated heterocycles. The van der Waals surface area contributed by atoms with Crippen molar-refractivity contribution in [1.82, 2.24) is 5.32 Å². The molecule has 0 spiro atoms. The van der Waals surface area contributed by atoms with Gasteiger partial charge in [0.05, 0.1) is 6.04 Å². The van der Waals surface area contributed by atoms with E-state index in [1.165, 1.54) is 0 Å². The van der Waals surface area contributed by atoms with E-state index in [-0.39, 0.29) is 17.5 Å². The van der Waals surface area contributed by atoms with Crippen LogP contribution in [0.3, 0.4) is 0 Å². The van der Waals surface area contributed by atoms with Gasteiger partial charge in [0.15, 0.2) is 0 Å². The number of anilines is 1. The van der Waals surface area contributed by atoms with Crippen LogP contribution < -0.4 is 10.2 Å². The van der Waals surface area contributed by atoms with Crippen molar-refractivity contribution < 1.29 is 4.79 Å². The molecule has 1 aliphatic heterocycles. The Balaban J connectivity index is 2.45. The molecule has 3 nitrogen and oxygen atoms in total. The summed E-state index contributed by atoms with van der Waals surface area (Å²) >= 11 is 0. The largest absolute Gasteiger partial charge is 0.309 e. The van der Waals surface area contributed by atoms with E-state index < -0.39 is 0 Å². The monoisotopic (exact) mass is 246 g/mol. The second-order valence-corrected chi connectivity index (χ2v) is 5.91. The number of nitrogens with zero attached hydrogens (tertiary/aromatic N) is 1. The zero-order chi connectivity index (χ0) is 13.5. The first-order chi connectivity index (χ1) is 8.32. The molecule has 18 heavy (non-hydrogen) atoms. The fraction of sp³-hybridized carbons (Fsp3) is 0.533. The smallest absolute Gasteiger partial charge is 0.243 e. The molecular weight excluding hydrogens is 224 g/mol. The second kappa shape index (κ2) is 4.39. The van der Waals surface area contributed by atoms with Crippen LogP contribution in [0.25, 0.3) is 0 Å². The van der Waals surface area contributed by atoms with E-state index in [0.717, 1.165) is 16.8 Å². The molecule has 98 valence electrons. The number of para-hydroxylation sites is 1. The van der Waals surface area contributed by atoms with Gasteiger partial charge in [0.25, 0.3) is 0 Å². The van der Waals surface area contributed by atoms with Gasteiger partial charge in [-0.2, -0.15) is 0 Å². The number of amides is 1. The lowest BCUT2D eigenvalue weighted by molar-refractivity contribution is -0.122. The molecular formula is C15H22N2O. The van der Waals surface area contributed by atoms with Crippen LogP contribution >= 0.6 is 0 Å². The summed E-state index contributed by atoms with van der Waals surface area (Å²) in [5, 5.41) is 3.35. The van der Waals surface area contributed by atoms with Crippen LogP contribution in [0.1, 0.15) is 31.9 Å². The number of rotatable bonds is 1. The molecule has 0 bridgehead atoms. The summed E-state index contributed by atoms with van der Waals surface area (Å²) in [6, 6.07) is 6.03. The van der Waals surface area contributed by atoms with E-state index in [0.29, 0.717) is 6.54 Å². The zero-order valence-electron chi connectivity index (χ0n) is 11.9. The van der Waals surface area contributed by atoms with Crippen molar-refractivity contribution in [3.8, 4) is 0 Å². The molecule has 0 aromatic heterocycles. The average Bonchev–Trinajstić information content (AvgIpc) is 2.23. The molecule has 1 heterocycles. The van der Waals surface area contributed by atoms with Crippen molar-refractivity contribution in [2.75, 3.05) is 11.4 Å². The predicted molar refractivity (Wildman–Crippen MR) is 74.9 cm³/mol. The maximum Gasteiger partial charge on any atom is 0.243 e. The Labute approximate surface area is 109 Å². The highest BCUT2D eigenvalue weighted by atomic mass is 16.2. The molecule has 1 unspecified atom stereocenters. The number of aryl methyl sites for hydroxylation is 2. The highest BCUT2D eigenvalue weighted by Crippen LogP contribution is 2.29. The van der Waals surface area contributed by atoms with Crippen LogP contribution in [0, 0.1) is 13.8 Å². The highest BCUT2D eigenvalue weighted by molar-refractivity contribution is 5.99. The first kappa shape index (κ1) is 13.1. The lowest BCUT2D eigenvalue weighted by atomic mass is 9.96. The Kier molecular flexibility index (Phi) is 3.20. The lowest BCUT2D eigenvalue weighted by Gasteiger charge is -2.43. The van der Waals surface area contributed by atoms with Gasteiger partial charge >= 0.3 is 0 Å². The number of hydrogen-bond acceptors (Lipinski definition) is 2. The normalized spacial score (nSPS) is 23.3. The van der Waals surface area contributed by atoms with Crippen LogP contribution in [0.4, 0.5) is 5.69 Å². The summed E-state index contributed by atoms with van der Waals surface area (Å²) in [6.07, 6.45) is 0. The van der Waals surface area contributed by atoms with Crippen LogP contribution in [0.15, 0.2) is 18.2 Å². The molecule has 1 atom stereocenters. The van der Waals surface area contributed by atoms with E-state index >= 15 is 0 Å². The van der Waals surface area contributed by atoms with Gasteiger partial charge < -0.3 is 4.90 Å². The molecule has 1 N–H and O–H groups in total. The van der Waals surface area contributed by atoms with Gasteiger partial charge in [0.2, 0.25) is 5.91 Å². The number of benzene rings is 1. The Morgan fingerprint density at radius 1 is 1.28 bits per heavy atom. The number of piperazine rings is 1. The van der Waals surface area contributed by atoms with E-state index in [1.54, 1.807) is 0 Å². The minimum absolute atomic E-state index is 0.0535. The highest BCUT2D eigenvalue weighted by Gasteiger charge is 2.37. The Morgan fingerprint density at radius 3 is 2.39 bits per heavy atom. The van der Waals surface area contributed by atoms with E-state index in [4.69, 9.17) is 0 Å². The lowest BCUT2D eigenvalue weighted by Crippen LogP contribution is -2.64. The quantitative estimate of drug-likeness (QED) is 0.825. The van der Waals surface area contributed by atoms with Gasteiger partial charge in [0.1, 0.15) is 0 Å². The zero-order valence-corrected chi connectivity index (χ0v) is 11.9. The molecule has 1 aromatic rings. The molecule has 0 saturated carbocycles. The Morgan fingerprint density at radius 2 is 1.83 bits per heavy atom. The number of carbonyl (C=O) groups is 1. The van der Waals surface area contributed by atoms with Gasteiger partial charge in [-0.15, -0.1) is 0 Å². The molecule has 1 aliphatic rings. The first-order valence-electron chi connectivity index (χ1n) is 6.47. The van der Waals surface area contributed by atoms with Gasteiger partial charge in [-0.05, 0) is 45.7 Å². The number of carbonyl (C=O) groups excluding carboxylic acids is 1. The summed E-state index contributed by atoms with van der Waals surface area (Å²) in [6.45, 7) is 11.0. The van der Waals surface area contributed by atoms with Crippen LogP contribution in [-0.2, 0) is 4.79 Å². The minimum atomic E-state index is -0.132. The summed E-state index contributed by atoms with van der Waals surface area (Å²) in [7, 11) is 0. The summed E-state index contributed by atoms with van der Waals surface area (Å²) in [5.41, 5.74) is 3.34. The van der Waals surface area contributed by atoms with E-state index in [2.05, 4.69) is 45.1 Å². The molecule has 1 amide bonds. The molecule has 3 heteroatoms. The third-order valence-electron chi connectivity index (χ3n) is 3.51. The van der Waals surface area contributed by atoms with Crippen LogP contribution in [0.2, 0.25) is 0 Å². The number of nitrogens with one attached hydrogen (secondary N) is 1. The van der Waals surface area contributed by atoms with Gasteiger partial charge in [-0.3, -0.25) is 10.1 Å². The number of hydrogen-bond donors (Lipinski definition) is 1. The van der Waals surface area contributed by atoms with Crippen molar-refractivity contribution in [2.45, 2.75) is 46.2 Å². The SMILES string of the molecule is Cc1cccc(C)c1N1CC(C)(C)NC(C)C1=O. The Hall–Kier alpha value is -1.35. The molecule has 2 rings (SSSR count). The third-order valence-corrected chi connectivity index (χ3v) is 3.51. The average molecular weight is 246 g/mol. The van der Waals surface area contributed by atoms with Gasteiger partial charge in [-0.1, -0.05) is 18.2 Å². The molecule has 1 fully saturated rings. The summed E-state index contributed by atoms with van der Waals surface area (Å²) in [5.74, 6) is 0.159. The van der Waals surface area contributed by atoms with E-state index in [9.17, 15) is 4.79 Å². The molecule has 0 radical (unpaired) electrons. The maximum absolute atomic E-state index is 12.4. The van der Waals surface area contributed by atoms with Gasteiger partial charge in [-0.25, -0.2) is 0 Å². The standard InChI is InChI=1S/C15H22N2O/c1-10-7-6-8-11(2)13(10)17-9-15(4,5)16-12(3)14(17)18/h6-8,12,16H,9H2,1-5H3. The summed E-state index contributed by atoms with van der Waals surface area (Å²) < 4.78 is 0. The van der Waals surface area contributed by atoms with Crippen LogP contribution in [-0.4, -0.2) is 24.0 Å². The second-order valence-electron chi connectivity index (χ2n) is 5.91. The molecule has 0 aliphatic carbocycles. The first-order valence-corrected chi connectivity index (χ1v) is 6.47. The van der Waals surface area contributed by atoms with E-state index in [1.807, 2.05) is 17.9 Å². The van der Waals surface area contributed by atoms with Crippen molar-refractivity contribution in [1.29, 1.82) is 0 Å². The molecule has 1 aromatic carbocycles. The van der Waals surface area contributed by atoms with Crippen LogP contribution in [0.5, 0.6) is 0 Å². The van der Waals surface area contributed by atoms with Crippen molar-refractivity contribution in [3.05, 3.63) is 29.3 Å².